The van der Waals surface area contributed by atoms with Crippen molar-refractivity contribution in [3.63, 3.8) is 0 Å². The second-order valence-corrected chi connectivity index (χ2v) is 2.59. The Balaban J connectivity index is 3.28. The molecule has 0 heterocycles. The van der Waals surface area contributed by atoms with E-state index >= 15 is 0 Å². The van der Waals surface area contributed by atoms with E-state index in [1.807, 2.05) is 0 Å². The standard InChI is InChI=1S/C7H11N3O2/c1-4-6(9)2-5(8)3-7(4)10(11)12/h2-3,10-11H,8-9H2,1H3. The molecule has 0 spiro atoms. The van der Waals surface area contributed by atoms with Gasteiger partial charge < -0.3 is 16.7 Å². The van der Waals surface area contributed by atoms with Crippen molar-refractivity contribution in [2.24, 2.45) is 0 Å². The third-order valence-electron chi connectivity index (χ3n) is 1.70. The molecular formula is C7H11N3O2. The highest BCUT2D eigenvalue weighted by Crippen LogP contribution is 2.21. The molecule has 1 aromatic carbocycles. The van der Waals surface area contributed by atoms with Crippen LogP contribution in [0.25, 0.3) is 0 Å². The van der Waals surface area contributed by atoms with E-state index in [-0.39, 0.29) is 5.69 Å². The van der Waals surface area contributed by atoms with Crippen LogP contribution in [0.2, 0.25) is 0 Å². The Morgan fingerprint density at radius 2 is 2.00 bits per heavy atom. The number of hydrogen-bond acceptors (Lipinski definition) is 4. The minimum absolute atomic E-state index is 0.160. The Kier molecular flexibility index (Phi) is 2.18. The lowest BCUT2D eigenvalue weighted by molar-refractivity contribution is -0.991. The Hall–Kier alpha value is -1.30. The summed E-state index contributed by atoms with van der Waals surface area (Å²) in [4.78, 5) is 0. The Morgan fingerprint density at radius 3 is 2.50 bits per heavy atom. The maximum absolute atomic E-state index is 10.6. The first-order valence-corrected chi connectivity index (χ1v) is 3.41. The molecule has 0 amide bonds. The van der Waals surface area contributed by atoms with Crippen LogP contribution in [0.3, 0.4) is 0 Å². The van der Waals surface area contributed by atoms with Gasteiger partial charge in [0.2, 0.25) is 0 Å². The number of nitrogen functional groups attached to an aromatic ring is 2. The zero-order valence-corrected chi connectivity index (χ0v) is 6.66. The predicted molar refractivity (Wildman–Crippen MR) is 45.8 cm³/mol. The summed E-state index contributed by atoms with van der Waals surface area (Å²) in [6.07, 6.45) is 0. The molecule has 66 valence electrons. The fraction of sp³-hybridized carbons (Fsp3) is 0.143. The van der Waals surface area contributed by atoms with Crippen molar-refractivity contribution < 1.29 is 10.4 Å². The van der Waals surface area contributed by atoms with Gasteiger partial charge >= 0.3 is 0 Å². The summed E-state index contributed by atoms with van der Waals surface area (Å²) in [5.74, 6) is 0. The molecule has 12 heavy (non-hydrogen) atoms. The first-order valence-electron chi connectivity index (χ1n) is 3.41. The summed E-state index contributed by atoms with van der Waals surface area (Å²) < 4.78 is 0. The third kappa shape index (κ3) is 1.48. The van der Waals surface area contributed by atoms with Crippen molar-refractivity contribution in [2.45, 2.75) is 6.92 Å². The van der Waals surface area contributed by atoms with E-state index in [0.717, 1.165) is 0 Å². The van der Waals surface area contributed by atoms with Gasteiger partial charge in [-0.1, -0.05) is 0 Å². The van der Waals surface area contributed by atoms with Crippen molar-refractivity contribution in [1.29, 1.82) is 0 Å². The van der Waals surface area contributed by atoms with Crippen LogP contribution in [0.15, 0.2) is 12.1 Å². The molecular weight excluding hydrogens is 158 g/mol. The molecule has 0 saturated carbocycles. The van der Waals surface area contributed by atoms with Crippen LogP contribution in [-0.4, -0.2) is 5.21 Å². The summed E-state index contributed by atoms with van der Waals surface area (Å²) in [6, 6.07) is 2.94. The van der Waals surface area contributed by atoms with Crippen molar-refractivity contribution >= 4 is 17.1 Å². The molecule has 0 aliphatic rings. The van der Waals surface area contributed by atoms with Gasteiger partial charge in [-0.2, -0.15) is 5.23 Å². The molecule has 0 aliphatic heterocycles. The summed E-state index contributed by atoms with van der Waals surface area (Å²) in [7, 11) is 0. The normalized spacial score (nSPS) is 12.9. The molecule has 6 N–H and O–H groups in total. The number of benzene rings is 1. The highest BCUT2D eigenvalue weighted by Gasteiger charge is 2.08. The van der Waals surface area contributed by atoms with Crippen LogP contribution < -0.4 is 16.7 Å². The monoisotopic (exact) mass is 169 g/mol. The molecule has 0 aliphatic carbocycles. The average molecular weight is 169 g/mol. The predicted octanol–water partition coefficient (Wildman–Crippen LogP) is -0.437. The van der Waals surface area contributed by atoms with Crippen molar-refractivity contribution in [2.75, 3.05) is 11.5 Å². The largest absolute Gasteiger partial charge is 0.595 e. The lowest BCUT2D eigenvalue weighted by Gasteiger charge is -2.15. The van der Waals surface area contributed by atoms with Gasteiger partial charge in [-0.05, 0) is 13.0 Å². The molecule has 0 aromatic heterocycles. The number of nitrogens with one attached hydrogen (secondary N) is 1. The van der Waals surface area contributed by atoms with E-state index in [0.29, 0.717) is 16.9 Å². The molecule has 0 radical (unpaired) electrons. The zero-order chi connectivity index (χ0) is 9.30. The molecule has 1 rings (SSSR count). The highest BCUT2D eigenvalue weighted by molar-refractivity contribution is 5.65. The van der Waals surface area contributed by atoms with E-state index in [4.69, 9.17) is 16.7 Å². The van der Waals surface area contributed by atoms with Gasteiger partial charge in [-0.15, -0.1) is 0 Å². The molecule has 1 unspecified atom stereocenters. The Morgan fingerprint density at radius 1 is 1.42 bits per heavy atom. The van der Waals surface area contributed by atoms with Gasteiger partial charge in [0.05, 0.1) is 0 Å². The highest BCUT2D eigenvalue weighted by atomic mass is 16.8. The van der Waals surface area contributed by atoms with Crippen LogP contribution >= 0.6 is 0 Å². The van der Waals surface area contributed by atoms with Gasteiger partial charge in [-0.3, -0.25) is 0 Å². The van der Waals surface area contributed by atoms with Crippen LogP contribution in [-0.2, 0) is 0 Å². The number of quaternary nitrogens is 1. The number of rotatable bonds is 1. The maximum atomic E-state index is 10.6. The summed E-state index contributed by atoms with van der Waals surface area (Å²) in [6.45, 7) is 1.65. The summed E-state index contributed by atoms with van der Waals surface area (Å²) >= 11 is 0. The van der Waals surface area contributed by atoms with E-state index in [2.05, 4.69) is 0 Å². The average Bonchev–Trinajstić information content (AvgIpc) is 1.96. The lowest BCUT2D eigenvalue weighted by Crippen LogP contribution is -2.99. The second kappa shape index (κ2) is 2.98. The van der Waals surface area contributed by atoms with Gasteiger partial charge in [0, 0.05) is 23.0 Å². The third-order valence-corrected chi connectivity index (χ3v) is 1.70. The summed E-state index contributed by atoms with van der Waals surface area (Å²) in [5.41, 5.74) is 12.4. The van der Waals surface area contributed by atoms with E-state index in [1.165, 1.54) is 6.07 Å². The topological polar surface area (TPSA) is 99.8 Å². The van der Waals surface area contributed by atoms with Gasteiger partial charge in [-0.25, -0.2) is 5.21 Å². The minimum atomic E-state index is -1.01. The van der Waals surface area contributed by atoms with Gasteiger partial charge in [0.15, 0.2) is 5.69 Å². The van der Waals surface area contributed by atoms with Crippen molar-refractivity contribution in [3.8, 4) is 0 Å². The maximum Gasteiger partial charge on any atom is 0.170 e. The van der Waals surface area contributed by atoms with E-state index in [9.17, 15) is 5.21 Å². The number of hydrogen-bond donors (Lipinski definition) is 4. The molecule has 0 saturated heterocycles. The fourth-order valence-electron chi connectivity index (χ4n) is 0.982. The van der Waals surface area contributed by atoms with Crippen molar-refractivity contribution in [1.82, 2.24) is 0 Å². The Bertz CT molecular complexity index is 299. The van der Waals surface area contributed by atoms with Crippen LogP contribution in [0.1, 0.15) is 5.56 Å². The first-order chi connectivity index (χ1) is 5.52. The molecule has 0 bridgehead atoms. The molecule has 1 aromatic rings. The molecule has 0 fully saturated rings. The zero-order valence-electron chi connectivity index (χ0n) is 6.66. The van der Waals surface area contributed by atoms with Gasteiger partial charge in [0.1, 0.15) is 0 Å². The smallest absolute Gasteiger partial charge is 0.170 e. The molecule has 5 heteroatoms. The van der Waals surface area contributed by atoms with Gasteiger partial charge in [0.25, 0.3) is 0 Å². The van der Waals surface area contributed by atoms with Crippen LogP contribution in [0.5, 0.6) is 0 Å². The minimum Gasteiger partial charge on any atom is -0.595 e. The first kappa shape index (κ1) is 8.79. The SMILES string of the molecule is Cc1c(N)cc(N)cc1[NH+]([O-])O. The van der Waals surface area contributed by atoms with E-state index in [1.54, 1.807) is 13.0 Å². The second-order valence-electron chi connectivity index (χ2n) is 2.59. The summed E-state index contributed by atoms with van der Waals surface area (Å²) in [5, 5.41) is 18.3. The Labute approximate surface area is 69.7 Å². The molecule has 1 atom stereocenters. The van der Waals surface area contributed by atoms with Crippen molar-refractivity contribution in [3.05, 3.63) is 22.9 Å². The fourth-order valence-corrected chi connectivity index (χ4v) is 0.982. The van der Waals surface area contributed by atoms with Crippen LogP contribution in [0.4, 0.5) is 17.1 Å². The molecule has 5 nitrogen and oxygen atoms in total. The van der Waals surface area contributed by atoms with E-state index < -0.39 is 5.23 Å². The number of nitrogens with two attached hydrogens (primary N) is 2. The van der Waals surface area contributed by atoms with Crippen LogP contribution in [0, 0.1) is 12.1 Å². The lowest BCUT2D eigenvalue weighted by atomic mass is 10.1. The quantitative estimate of drug-likeness (QED) is 0.338. The number of anilines is 2.